The maximum absolute atomic E-state index is 14.9. The number of ether oxygens (including phenoxy) is 2. The van der Waals surface area contributed by atoms with Crippen LogP contribution in [0.15, 0.2) is 66.7 Å². The van der Waals surface area contributed by atoms with Crippen LogP contribution in [0, 0.1) is 5.82 Å². The highest BCUT2D eigenvalue weighted by Gasteiger charge is 2.60. The number of carbonyl (C=O) groups is 2. The van der Waals surface area contributed by atoms with Crippen molar-refractivity contribution in [2.45, 2.75) is 34.8 Å². The van der Waals surface area contributed by atoms with Gasteiger partial charge in [-0.1, -0.05) is 13.0 Å². The van der Waals surface area contributed by atoms with Crippen LogP contribution in [0.3, 0.4) is 0 Å². The lowest BCUT2D eigenvalue weighted by atomic mass is 9.26. The van der Waals surface area contributed by atoms with E-state index in [0.29, 0.717) is 48.1 Å². The topological polar surface area (TPSA) is 96.0 Å². The van der Waals surface area contributed by atoms with Gasteiger partial charge in [-0.15, -0.1) is 0 Å². The van der Waals surface area contributed by atoms with Crippen LogP contribution < -0.4 is 20.1 Å². The van der Waals surface area contributed by atoms with Crippen LogP contribution in [-0.2, 0) is 6.54 Å². The van der Waals surface area contributed by atoms with Gasteiger partial charge in [0.1, 0.15) is 81.8 Å². The van der Waals surface area contributed by atoms with Gasteiger partial charge in [-0.2, -0.15) is 0 Å². The summed E-state index contributed by atoms with van der Waals surface area (Å²) in [6, 6.07) is 18.2. The highest BCUT2D eigenvalue weighted by Crippen LogP contribution is 2.43. The van der Waals surface area contributed by atoms with Crippen LogP contribution >= 0.6 is 0 Å². The molecule has 9 nitrogen and oxygen atoms in total. The Hall–Kier alpha value is -4.02. The molecule has 2 N–H and O–H groups in total. The zero-order valence-corrected chi connectivity index (χ0v) is 30.5. The first-order chi connectivity index (χ1) is 23.5. The lowest BCUT2D eigenvalue weighted by Gasteiger charge is -2.74. The molecule has 4 aromatic rings. The van der Waals surface area contributed by atoms with Gasteiger partial charge in [0.05, 0.1) is 16.9 Å². The molecule has 50 heavy (non-hydrogen) atoms. The summed E-state index contributed by atoms with van der Waals surface area (Å²) in [6.07, 6.45) is 0. The van der Waals surface area contributed by atoms with Crippen molar-refractivity contribution in [2.24, 2.45) is 0 Å². The third-order valence-corrected chi connectivity index (χ3v) is 11.6. The average Bonchev–Trinajstić information content (AvgIpc) is 3.07. The summed E-state index contributed by atoms with van der Waals surface area (Å²) in [7, 11) is 18.6. The van der Waals surface area contributed by atoms with E-state index >= 15 is 0 Å². The summed E-state index contributed by atoms with van der Waals surface area (Å²) < 4.78 is 26.0. The van der Waals surface area contributed by atoms with Crippen LogP contribution in [0.25, 0.3) is 10.9 Å². The predicted molar refractivity (Wildman–Crippen MR) is 219 cm³/mol. The Morgan fingerprint density at radius 3 is 2.02 bits per heavy atom. The molecule has 1 saturated heterocycles. The van der Waals surface area contributed by atoms with Gasteiger partial charge in [0.15, 0.2) is 11.5 Å². The Bertz CT molecular complexity index is 1970. The lowest BCUT2D eigenvalue weighted by Crippen LogP contribution is -2.91. The van der Waals surface area contributed by atoms with Crippen LogP contribution in [-0.4, -0.2) is 130 Å². The van der Waals surface area contributed by atoms with Gasteiger partial charge < -0.3 is 29.9 Å². The molecule has 2 aliphatic heterocycles. The third-order valence-electron chi connectivity index (χ3n) is 11.6. The minimum absolute atomic E-state index is 0.0530. The minimum Gasteiger partial charge on any atom is -0.486 e. The normalized spacial score (nSPS) is 19.0. The van der Waals surface area contributed by atoms with Crippen LogP contribution in [0.1, 0.15) is 33.3 Å². The number of nitrogens with zero attached hydrogens (tertiary/aromatic N) is 3. The Labute approximate surface area is 300 Å². The van der Waals surface area contributed by atoms with Crippen molar-refractivity contribution in [3.8, 4) is 11.5 Å². The Morgan fingerprint density at radius 2 is 1.34 bits per heavy atom. The minimum atomic E-state index is -0.625. The van der Waals surface area contributed by atoms with Gasteiger partial charge in [0.2, 0.25) is 0 Å². The summed E-state index contributed by atoms with van der Waals surface area (Å²) in [5.41, 5.74) is 2.71. The van der Waals surface area contributed by atoms with E-state index in [4.69, 9.17) is 14.5 Å². The number of amides is 2. The fourth-order valence-corrected chi connectivity index (χ4v) is 7.74. The van der Waals surface area contributed by atoms with E-state index in [1.165, 1.54) is 18.2 Å². The van der Waals surface area contributed by atoms with E-state index in [0.717, 1.165) is 23.1 Å². The summed E-state index contributed by atoms with van der Waals surface area (Å²) in [5, 5.41) is 5.69. The summed E-state index contributed by atoms with van der Waals surface area (Å²) in [6.45, 7) is 4.72. The number of likely N-dealkylation sites (N-methyl/N-ethyl adjacent to an activating group) is 1. The fraction of sp³-hybridized carbons (Fsp3) is 0.281. The molecule has 3 heterocycles. The van der Waals surface area contributed by atoms with E-state index in [1.807, 2.05) is 18.2 Å². The third kappa shape index (κ3) is 6.15. The summed E-state index contributed by atoms with van der Waals surface area (Å²) in [4.78, 5) is 36.5. The first kappa shape index (κ1) is 35.8. The number of fused-ring (bicyclic) bond motifs is 2. The second kappa shape index (κ2) is 12.9. The Morgan fingerprint density at radius 1 is 0.740 bits per heavy atom. The zero-order valence-electron chi connectivity index (χ0n) is 30.5. The zero-order chi connectivity index (χ0) is 36.2. The largest absolute Gasteiger partial charge is 0.486 e. The van der Waals surface area contributed by atoms with Crippen molar-refractivity contribution in [3.63, 3.8) is 0 Å². The molecular formula is C32H40B8FN5O4. The van der Waals surface area contributed by atoms with Crippen molar-refractivity contribution in [2.75, 3.05) is 30.4 Å². The lowest BCUT2D eigenvalue weighted by molar-refractivity contribution is -0.0211. The summed E-state index contributed by atoms with van der Waals surface area (Å²) >= 11 is 0. The highest BCUT2D eigenvalue weighted by atomic mass is 19.1. The maximum atomic E-state index is 14.9. The summed E-state index contributed by atoms with van der Waals surface area (Å²) in [5.74, 6) is -0.446. The molecule has 2 aliphatic rings. The monoisotopic (exact) mass is 665 g/mol. The molecule has 0 aliphatic carbocycles. The molecule has 0 spiro atoms. The van der Waals surface area contributed by atoms with Crippen LogP contribution in [0.5, 0.6) is 11.5 Å². The fourth-order valence-electron chi connectivity index (χ4n) is 7.74. The first-order valence-corrected chi connectivity index (χ1v) is 17.2. The molecule has 0 unspecified atom stereocenters. The molecule has 2 amide bonds. The number of rotatable bonds is 7. The molecular weight excluding hydrogens is 624 g/mol. The highest BCUT2D eigenvalue weighted by molar-refractivity contribution is 6.60. The Kier molecular flexibility index (Phi) is 9.27. The SMILES string of the molecule is BC1(B)N(CC)C(B)(B)C(B)(B)N(Cc2ccc3cc(C(=O)Nc4cc(NC(=O)c5ccc6c(c5)OCCO6)ccc4F)ccc3n2)C1(B)B. The quantitative estimate of drug-likeness (QED) is 0.198. The van der Waals surface area contributed by atoms with E-state index in [-0.39, 0.29) is 27.0 Å². The van der Waals surface area contributed by atoms with Crippen molar-refractivity contribution in [1.82, 2.24) is 14.8 Å². The van der Waals surface area contributed by atoms with Crippen molar-refractivity contribution in [3.05, 3.63) is 89.4 Å². The molecule has 0 atom stereocenters. The van der Waals surface area contributed by atoms with Gasteiger partial charge >= 0.3 is 0 Å². The number of halogens is 1. The van der Waals surface area contributed by atoms with E-state index in [2.05, 4.69) is 90.1 Å². The number of benzene rings is 3. The average molecular weight is 664 g/mol. The molecule has 1 aromatic heterocycles. The van der Waals surface area contributed by atoms with E-state index in [1.54, 1.807) is 30.3 Å². The number of carbonyl (C=O) groups excluding carboxylic acids is 2. The number of piperazine rings is 1. The molecule has 18 heteroatoms. The number of anilines is 2. The van der Waals surface area contributed by atoms with Gasteiger partial charge in [-0.25, -0.2) is 4.39 Å². The smallest absolute Gasteiger partial charge is 0.255 e. The van der Waals surface area contributed by atoms with Crippen molar-refractivity contribution < 1.29 is 23.5 Å². The first-order valence-electron chi connectivity index (χ1n) is 17.2. The van der Waals surface area contributed by atoms with Gasteiger partial charge in [0, 0.05) is 28.7 Å². The van der Waals surface area contributed by atoms with Gasteiger partial charge in [0.25, 0.3) is 11.8 Å². The predicted octanol–water partition coefficient (Wildman–Crippen LogP) is -3.53. The van der Waals surface area contributed by atoms with Gasteiger partial charge in [-0.05, 0) is 88.6 Å². The maximum Gasteiger partial charge on any atom is 0.255 e. The number of pyridine rings is 1. The molecule has 1 fully saturated rings. The van der Waals surface area contributed by atoms with E-state index in [9.17, 15) is 14.0 Å². The van der Waals surface area contributed by atoms with Gasteiger partial charge in [-0.3, -0.25) is 14.6 Å². The second-order valence-electron chi connectivity index (χ2n) is 15.2. The number of nitrogens with one attached hydrogen (secondary N) is 2. The van der Waals surface area contributed by atoms with Crippen LogP contribution in [0.2, 0.25) is 0 Å². The number of hydrogen-bond acceptors (Lipinski definition) is 7. The molecule has 0 saturated carbocycles. The molecule has 6 rings (SSSR count). The molecule has 0 radical (unpaired) electrons. The standard InChI is InChI=1S/C32H40B8FN5O4/c1-2-45-29(33,34)31(37,38)46(32(39,40)30(45,35)36)16-21-6-3-17-13-18(4-9-23(17)42-21)28(48)44-24-15-20(7-8-22(24)41)43-27(47)19-5-10-25-26(14-19)50-12-11-49-25/h3-10,13-15H,2,11-12,16,33-40H2,1H3,(H,43,47)(H,44,48). The molecule has 0 bridgehead atoms. The molecule has 248 valence electrons. The number of aromatic nitrogens is 1. The van der Waals surface area contributed by atoms with Crippen LogP contribution in [0.4, 0.5) is 15.8 Å². The van der Waals surface area contributed by atoms with Crippen molar-refractivity contribution >= 4 is 96.9 Å². The van der Waals surface area contributed by atoms with E-state index < -0.39 is 17.6 Å². The number of hydrogen-bond donors (Lipinski definition) is 2. The van der Waals surface area contributed by atoms with Crippen molar-refractivity contribution in [1.29, 1.82) is 0 Å². The Balaban J connectivity index is 1.18. The molecule has 3 aromatic carbocycles. The second-order valence-corrected chi connectivity index (χ2v) is 15.2.